The van der Waals surface area contributed by atoms with Gasteiger partial charge in [-0.25, -0.2) is 4.98 Å². The summed E-state index contributed by atoms with van der Waals surface area (Å²) in [4.78, 5) is 4.42. The lowest BCUT2D eigenvalue weighted by atomic mass is 9.83. The molecule has 2 aliphatic carbocycles. The van der Waals surface area contributed by atoms with Crippen molar-refractivity contribution in [3.63, 3.8) is 0 Å². The van der Waals surface area contributed by atoms with Crippen LogP contribution in [0.5, 0.6) is 5.88 Å². The molecule has 134 valence electrons. The molecular formula is C21H24N4O. The van der Waals surface area contributed by atoms with Gasteiger partial charge in [-0.1, -0.05) is 30.3 Å². The molecule has 0 radical (unpaired) electrons. The highest BCUT2D eigenvalue weighted by Crippen LogP contribution is 2.58. The zero-order chi connectivity index (χ0) is 17.6. The van der Waals surface area contributed by atoms with Crippen LogP contribution in [0.2, 0.25) is 0 Å². The predicted octanol–water partition coefficient (Wildman–Crippen LogP) is 4.49. The summed E-state index contributed by atoms with van der Waals surface area (Å²) in [6.45, 7) is 0.476. The number of ether oxygens (including phenoxy) is 1. The summed E-state index contributed by atoms with van der Waals surface area (Å²) >= 11 is 0. The van der Waals surface area contributed by atoms with Crippen LogP contribution in [0.15, 0.2) is 42.6 Å². The standard InChI is InChI=1S/C21H24N4O/c22-19-18-17(25(24-19)16-6-9-21(10-7-16)11-12-21)8-13-23-20(18)26-14-15-4-2-1-3-5-15/h1-5,8,13,16H,6-7,9-12,14H2,(H2,22,24). The molecule has 5 heteroatoms. The van der Waals surface area contributed by atoms with Crippen LogP contribution in [0.1, 0.15) is 50.1 Å². The van der Waals surface area contributed by atoms with E-state index in [2.05, 4.69) is 14.8 Å². The molecule has 26 heavy (non-hydrogen) atoms. The monoisotopic (exact) mass is 348 g/mol. The van der Waals surface area contributed by atoms with E-state index in [0.29, 0.717) is 29.8 Å². The lowest BCUT2D eigenvalue weighted by molar-refractivity contribution is 0.250. The van der Waals surface area contributed by atoms with Gasteiger partial charge in [0.25, 0.3) is 0 Å². The number of aromatic nitrogens is 3. The first-order valence-corrected chi connectivity index (χ1v) is 9.54. The summed E-state index contributed by atoms with van der Waals surface area (Å²) < 4.78 is 8.11. The molecule has 0 amide bonds. The topological polar surface area (TPSA) is 66.0 Å². The Labute approximate surface area is 153 Å². The fourth-order valence-corrected chi connectivity index (χ4v) is 4.33. The van der Waals surface area contributed by atoms with E-state index in [9.17, 15) is 0 Å². The number of fused-ring (bicyclic) bond motifs is 1. The molecule has 2 fully saturated rings. The third-order valence-corrected chi connectivity index (χ3v) is 6.15. The molecule has 0 aliphatic heterocycles. The number of hydrogen-bond donors (Lipinski definition) is 1. The molecular weight excluding hydrogens is 324 g/mol. The zero-order valence-electron chi connectivity index (χ0n) is 14.9. The number of hydrogen-bond acceptors (Lipinski definition) is 4. The number of anilines is 1. The van der Waals surface area contributed by atoms with Crippen molar-refractivity contribution in [2.75, 3.05) is 5.73 Å². The fraction of sp³-hybridized carbons (Fsp3) is 0.429. The summed E-state index contributed by atoms with van der Waals surface area (Å²) in [5, 5.41) is 5.51. The Bertz CT molecular complexity index is 920. The Kier molecular flexibility index (Phi) is 3.62. The maximum atomic E-state index is 6.27. The minimum atomic E-state index is 0.436. The fourth-order valence-electron chi connectivity index (χ4n) is 4.33. The van der Waals surface area contributed by atoms with E-state index < -0.39 is 0 Å². The van der Waals surface area contributed by atoms with Crippen LogP contribution < -0.4 is 10.5 Å². The van der Waals surface area contributed by atoms with Crippen molar-refractivity contribution in [2.24, 2.45) is 5.41 Å². The molecule has 3 aromatic rings. The van der Waals surface area contributed by atoms with Crippen molar-refractivity contribution in [3.8, 4) is 5.88 Å². The van der Waals surface area contributed by atoms with Gasteiger partial charge in [-0.3, -0.25) is 4.68 Å². The minimum absolute atomic E-state index is 0.436. The highest BCUT2D eigenvalue weighted by Gasteiger charge is 2.45. The smallest absolute Gasteiger partial charge is 0.227 e. The number of pyridine rings is 1. The average molecular weight is 348 g/mol. The molecule has 2 N–H and O–H groups in total. The van der Waals surface area contributed by atoms with Gasteiger partial charge < -0.3 is 10.5 Å². The third-order valence-electron chi connectivity index (χ3n) is 6.15. The summed E-state index contributed by atoms with van der Waals surface area (Å²) in [5.74, 6) is 1.09. The third kappa shape index (κ3) is 2.71. The second-order valence-electron chi connectivity index (χ2n) is 7.85. The Hall–Kier alpha value is -2.56. The second kappa shape index (κ2) is 6.01. The lowest BCUT2D eigenvalue weighted by Crippen LogP contribution is -2.19. The SMILES string of the molecule is Nc1nn(C2CCC3(CC2)CC3)c2ccnc(OCc3ccccc3)c12. The van der Waals surface area contributed by atoms with Crippen molar-refractivity contribution in [1.82, 2.24) is 14.8 Å². The Morgan fingerprint density at radius 2 is 1.85 bits per heavy atom. The van der Waals surface area contributed by atoms with Crippen molar-refractivity contribution in [2.45, 2.75) is 51.2 Å². The number of nitrogen functional groups attached to an aromatic ring is 1. The largest absolute Gasteiger partial charge is 0.472 e. The molecule has 5 nitrogen and oxygen atoms in total. The number of nitrogens with zero attached hydrogens (tertiary/aromatic N) is 3. The van der Waals surface area contributed by atoms with Crippen molar-refractivity contribution in [1.29, 1.82) is 0 Å². The number of rotatable bonds is 4. The van der Waals surface area contributed by atoms with Gasteiger partial charge in [-0.05, 0) is 55.6 Å². The number of nitrogens with two attached hydrogens (primary N) is 1. The van der Waals surface area contributed by atoms with Gasteiger partial charge in [0.1, 0.15) is 12.0 Å². The Morgan fingerprint density at radius 3 is 2.58 bits per heavy atom. The van der Waals surface area contributed by atoms with Crippen LogP contribution in [0, 0.1) is 5.41 Å². The highest BCUT2D eigenvalue weighted by atomic mass is 16.5. The first-order valence-electron chi connectivity index (χ1n) is 9.54. The van der Waals surface area contributed by atoms with Gasteiger partial charge in [0.2, 0.25) is 5.88 Å². The van der Waals surface area contributed by atoms with Crippen LogP contribution in [0.3, 0.4) is 0 Å². The first kappa shape index (κ1) is 15.7. The molecule has 1 aromatic carbocycles. The van der Waals surface area contributed by atoms with E-state index in [1.807, 2.05) is 36.4 Å². The van der Waals surface area contributed by atoms with Gasteiger partial charge in [0.15, 0.2) is 5.82 Å². The maximum absolute atomic E-state index is 6.27. The maximum Gasteiger partial charge on any atom is 0.227 e. The van der Waals surface area contributed by atoms with Crippen molar-refractivity contribution in [3.05, 3.63) is 48.2 Å². The lowest BCUT2D eigenvalue weighted by Gasteiger charge is -2.29. The van der Waals surface area contributed by atoms with Crippen LogP contribution in [0.25, 0.3) is 10.9 Å². The molecule has 0 unspecified atom stereocenters. The molecule has 5 rings (SSSR count). The highest BCUT2D eigenvalue weighted by molar-refractivity contribution is 5.93. The second-order valence-corrected chi connectivity index (χ2v) is 7.85. The molecule has 2 aliphatic rings. The average Bonchev–Trinajstić information content (AvgIpc) is 3.35. The summed E-state index contributed by atoms with van der Waals surface area (Å²) in [5.41, 5.74) is 9.09. The molecule has 2 aromatic heterocycles. The minimum Gasteiger partial charge on any atom is -0.472 e. The molecule has 0 bridgehead atoms. The van der Waals surface area contributed by atoms with Gasteiger partial charge >= 0.3 is 0 Å². The van der Waals surface area contributed by atoms with Gasteiger partial charge in [-0.2, -0.15) is 5.10 Å². The molecule has 0 saturated heterocycles. The van der Waals surface area contributed by atoms with Crippen molar-refractivity contribution >= 4 is 16.7 Å². The van der Waals surface area contributed by atoms with E-state index in [0.717, 1.165) is 16.5 Å². The Balaban J connectivity index is 1.42. The van der Waals surface area contributed by atoms with E-state index in [1.165, 1.54) is 38.5 Å². The van der Waals surface area contributed by atoms with E-state index in [-0.39, 0.29) is 0 Å². The van der Waals surface area contributed by atoms with E-state index >= 15 is 0 Å². The van der Waals surface area contributed by atoms with Gasteiger partial charge in [0, 0.05) is 6.20 Å². The predicted molar refractivity (Wildman–Crippen MR) is 102 cm³/mol. The summed E-state index contributed by atoms with van der Waals surface area (Å²) in [7, 11) is 0. The Morgan fingerprint density at radius 1 is 1.08 bits per heavy atom. The van der Waals surface area contributed by atoms with Gasteiger partial charge in [-0.15, -0.1) is 0 Å². The van der Waals surface area contributed by atoms with Gasteiger partial charge in [0.05, 0.1) is 11.6 Å². The van der Waals surface area contributed by atoms with E-state index in [1.54, 1.807) is 6.20 Å². The normalized spacial score (nSPS) is 19.1. The van der Waals surface area contributed by atoms with Crippen LogP contribution in [0.4, 0.5) is 5.82 Å². The van der Waals surface area contributed by atoms with Crippen molar-refractivity contribution < 1.29 is 4.74 Å². The van der Waals surface area contributed by atoms with Crippen LogP contribution in [-0.2, 0) is 6.61 Å². The summed E-state index contributed by atoms with van der Waals surface area (Å²) in [6.07, 6.45) is 9.66. The van der Waals surface area contributed by atoms with Crippen LogP contribution >= 0.6 is 0 Å². The molecule has 2 heterocycles. The quantitative estimate of drug-likeness (QED) is 0.754. The zero-order valence-corrected chi connectivity index (χ0v) is 14.9. The molecule has 0 atom stereocenters. The first-order chi connectivity index (χ1) is 12.7. The molecule has 2 saturated carbocycles. The summed E-state index contributed by atoms with van der Waals surface area (Å²) in [6, 6.07) is 12.6. The molecule has 1 spiro atoms. The number of benzene rings is 1. The van der Waals surface area contributed by atoms with Crippen LogP contribution in [-0.4, -0.2) is 14.8 Å². The van der Waals surface area contributed by atoms with E-state index in [4.69, 9.17) is 10.5 Å².